The molecule has 0 radical (unpaired) electrons. The minimum Gasteiger partial charge on any atom is -0.497 e. The molecule has 1 aliphatic carbocycles. The molecule has 1 unspecified atom stereocenters. The van der Waals surface area contributed by atoms with Gasteiger partial charge in [0, 0.05) is 18.3 Å². The van der Waals surface area contributed by atoms with E-state index in [2.05, 4.69) is 22.1 Å². The van der Waals surface area contributed by atoms with Crippen molar-refractivity contribution in [3.05, 3.63) is 76.3 Å². The van der Waals surface area contributed by atoms with Crippen molar-refractivity contribution in [3.8, 4) is 5.75 Å². The molecule has 0 spiro atoms. The van der Waals surface area contributed by atoms with Gasteiger partial charge in [-0.25, -0.2) is 4.79 Å². The first-order valence-corrected chi connectivity index (χ1v) is 9.88. The number of benzene rings is 1. The monoisotopic (exact) mass is 431 g/mol. The molecule has 150 valence electrons. The maximum Gasteiger partial charge on any atom is 0.439 e. The van der Waals surface area contributed by atoms with Crippen LogP contribution in [-0.4, -0.2) is 28.6 Å². The highest BCUT2D eigenvalue weighted by Gasteiger charge is 2.21. The number of ether oxygens (including phenoxy) is 2. The molecule has 8 heteroatoms. The van der Waals surface area contributed by atoms with Crippen molar-refractivity contribution in [2.24, 2.45) is 4.99 Å². The predicted molar refractivity (Wildman–Crippen MR) is 113 cm³/mol. The number of hydrogen-bond donors (Lipinski definition) is 0. The summed E-state index contributed by atoms with van der Waals surface area (Å²) in [7, 11) is 0. The van der Waals surface area contributed by atoms with Crippen LogP contribution in [0.1, 0.15) is 31.4 Å². The molecule has 2 aromatic rings. The van der Waals surface area contributed by atoms with Crippen molar-refractivity contribution in [3.63, 3.8) is 0 Å². The van der Waals surface area contributed by atoms with Gasteiger partial charge in [-0.15, -0.1) is 0 Å². The van der Waals surface area contributed by atoms with Gasteiger partial charge in [-0.05, 0) is 36.8 Å². The lowest BCUT2D eigenvalue weighted by molar-refractivity contribution is 0.195. The van der Waals surface area contributed by atoms with Gasteiger partial charge in [-0.3, -0.25) is 0 Å². The Morgan fingerprint density at radius 2 is 2.10 bits per heavy atom. The summed E-state index contributed by atoms with van der Waals surface area (Å²) in [5, 5.41) is 8.76. The number of aliphatic imine (C=N–C) groups is 1. The summed E-state index contributed by atoms with van der Waals surface area (Å²) in [5.74, 6) is 0.725. The third-order valence-electron chi connectivity index (χ3n) is 4.05. The molecule has 0 saturated carbocycles. The van der Waals surface area contributed by atoms with Gasteiger partial charge in [0.1, 0.15) is 11.5 Å². The van der Waals surface area contributed by atoms with Crippen LogP contribution in [0.5, 0.6) is 5.75 Å². The van der Waals surface area contributed by atoms with E-state index in [-0.39, 0.29) is 11.7 Å². The highest BCUT2D eigenvalue weighted by Crippen LogP contribution is 2.29. The van der Waals surface area contributed by atoms with Crippen LogP contribution in [0.25, 0.3) is 0 Å². The van der Waals surface area contributed by atoms with Crippen molar-refractivity contribution < 1.29 is 14.3 Å². The molecule has 1 amide bonds. The van der Waals surface area contributed by atoms with Crippen LogP contribution in [-0.2, 0) is 4.74 Å². The summed E-state index contributed by atoms with van der Waals surface area (Å²) in [6, 6.07) is 8.24. The Morgan fingerprint density at radius 3 is 2.83 bits per heavy atom. The Kier molecular flexibility index (Phi) is 7.38. The molecule has 0 N–H and O–H groups in total. The maximum atomic E-state index is 12.2. The zero-order valence-corrected chi connectivity index (χ0v) is 17.2. The van der Waals surface area contributed by atoms with Crippen molar-refractivity contribution in [2.45, 2.75) is 25.7 Å². The second kappa shape index (κ2) is 10.2. The molecule has 1 aromatic heterocycles. The Bertz CT molecular complexity index is 959. The maximum absolute atomic E-state index is 12.2. The van der Waals surface area contributed by atoms with Crippen LogP contribution in [0, 0.1) is 0 Å². The molecule has 6 nitrogen and oxygen atoms in total. The molecule has 0 aliphatic heterocycles. The van der Waals surface area contributed by atoms with E-state index < -0.39 is 6.09 Å². The Morgan fingerprint density at radius 1 is 1.24 bits per heavy atom. The number of amides is 1. The van der Waals surface area contributed by atoms with Crippen molar-refractivity contribution >= 4 is 35.0 Å². The third-order valence-corrected chi connectivity index (χ3v) is 4.79. The largest absolute Gasteiger partial charge is 0.497 e. The van der Waals surface area contributed by atoms with E-state index in [1.54, 1.807) is 30.5 Å². The molecule has 0 bridgehead atoms. The fourth-order valence-corrected chi connectivity index (χ4v) is 2.89. The van der Waals surface area contributed by atoms with Gasteiger partial charge in [0.05, 0.1) is 34.0 Å². The Hall–Kier alpha value is -2.70. The lowest BCUT2D eigenvalue weighted by atomic mass is 9.96. The Labute approximate surface area is 178 Å². The highest BCUT2D eigenvalue weighted by atomic mass is 35.5. The first-order valence-electron chi connectivity index (χ1n) is 9.12. The first-order chi connectivity index (χ1) is 14.1. The van der Waals surface area contributed by atoms with Crippen LogP contribution in [0.4, 0.5) is 4.79 Å². The van der Waals surface area contributed by atoms with Gasteiger partial charge in [-0.1, -0.05) is 42.6 Å². The van der Waals surface area contributed by atoms with E-state index in [9.17, 15) is 4.79 Å². The number of rotatable bonds is 6. The third kappa shape index (κ3) is 5.89. The van der Waals surface area contributed by atoms with Crippen LogP contribution < -0.4 is 4.74 Å². The average molecular weight is 432 g/mol. The van der Waals surface area contributed by atoms with Crippen molar-refractivity contribution in [1.29, 1.82) is 0 Å². The lowest BCUT2D eigenvalue weighted by Gasteiger charge is -2.20. The van der Waals surface area contributed by atoms with Crippen LogP contribution in [0.15, 0.2) is 65.5 Å². The van der Waals surface area contributed by atoms with Crippen molar-refractivity contribution in [2.75, 3.05) is 6.61 Å². The van der Waals surface area contributed by atoms with E-state index >= 15 is 0 Å². The number of aromatic nitrogens is 2. The van der Waals surface area contributed by atoms with E-state index in [0.717, 1.165) is 18.5 Å². The number of allylic oxidation sites excluding steroid dienone is 3. The predicted octanol–water partition coefficient (Wildman–Crippen LogP) is 5.78. The molecule has 29 heavy (non-hydrogen) atoms. The second-order valence-corrected chi connectivity index (χ2v) is 7.03. The Balaban J connectivity index is 1.77. The molecule has 1 heterocycles. The molecular formula is C21H19Cl2N3O3. The van der Waals surface area contributed by atoms with E-state index in [1.165, 1.54) is 6.07 Å². The minimum absolute atomic E-state index is 0.189. The standard InChI is InChI=1S/C21H19Cl2N3O3/c1-2-3-11-28-20-12-14(6-8-16(20)19-5-4-10-24-26-19)25-21(27)29-15-7-9-17(22)18(23)13-15/h4-10,12-13,16H,2-3,11H2,1H3/b25-14+. The molecular weight excluding hydrogens is 413 g/mol. The fourth-order valence-electron chi connectivity index (χ4n) is 2.60. The number of nitrogens with zero attached hydrogens (tertiary/aromatic N) is 3. The van der Waals surface area contributed by atoms with Gasteiger partial charge in [-0.2, -0.15) is 15.2 Å². The summed E-state index contributed by atoms with van der Waals surface area (Å²) >= 11 is 11.8. The SMILES string of the molecule is CCCCOC1=C/C(=N/C(=O)Oc2ccc(Cl)c(Cl)c2)C=CC1c1cccnn1. The summed E-state index contributed by atoms with van der Waals surface area (Å²) in [4.78, 5) is 16.2. The number of carbonyl (C=O) groups excluding carboxylic acids is 1. The average Bonchev–Trinajstić information content (AvgIpc) is 2.72. The fraction of sp³-hybridized carbons (Fsp3) is 0.238. The van der Waals surface area contributed by atoms with E-state index in [1.807, 2.05) is 18.2 Å². The number of carbonyl (C=O) groups is 1. The lowest BCUT2D eigenvalue weighted by Crippen LogP contribution is -2.14. The molecule has 1 atom stereocenters. The highest BCUT2D eigenvalue weighted by molar-refractivity contribution is 6.42. The quantitative estimate of drug-likeness (QED) is 0.542. The molecule has 1 aliphatic rings. The van der Waals surface area contributed by atoms with Gasteiger partial charge in [0.15, 0.2) is 0 Å². The topological polar surface area (TPSA) is 73.7 Å². The molecule has 1 aromatic carbocycles. The van der Waals surface area contributed by atoms with Crippen LogP contribution in [0.2, 0.25) is 10.0 Å². The zero-order valence-electron chi connectivity index (χ0n) is 15.7. The molecule has 0 fully saturated rings. The molecule has 0 saturated heterocycles. The van der Waals surface area contributed by atoms with E-state index in [4.69, 9.17) is 32.7 Å². The number of hydrogen-bond acceptors (Lipinski definition) is 5. The van der Waals surface area contributed by atoms with Crippen LogP contribution in [0.3, 0.4) is 0 Å². The summed E-state index contributed by atoms with van der Waals surface area (Å²) in [5.41, 5.74) is 1.17. The van der Waals surface area contributed by atoms with Gasteiger partial charge in [0.25, 0.3) is 0 Å². The van der Waals surface area contributed by atoms with E-state index in [0.29, 0.717) is 28.1 Å². The first kappa shape index (κ1) is 21.0. The smallest absolute Gasteiger partial charge is 0.439 e. The summed E-state index contributed by atoms with van der Waals surface area (Å²) in [6.45, 7) is 2.65. The van der Waals surface area contributed by atoms with Crippen molar-refractivity contribution in [1.82, 2.24) is 10.2 Å². The number of unbranched alkanes of at least 4 members (excludes halogenated alkanes) is 1. The van der Waals surface area contributed by atoms with Gasteiger partial charge in [0.2, 0.25) is 0 Å². The summed E-state index contributed by atoms with van der Waals surface area (Å²) < 4.78 is 11.1. The normalized spacial score (nSPS) is 17.1. The zero-order chi connectivity index (χ0) is 20.6. The van der Waals surface area contributed by atoms with Crippen LogP contribution >= 0.6 is 23.2 Å². The van der Waals surface area contributed by atoms with Gasteiger partial charge >= 0.3 is 6.09 Å². The molecule has 3 rings (SSSR count). The van der Waals surface area contributed by atoms with Gasteiger partial charge < -0.3 is 9.47 Å². The number of halogens is 2. The summed E-state index contributed by atoms with van der Waals surface area (Å²) in [6.07, 6.45) is 8.08. The minimum atomic E-state index is -0.773. The second-order valence-electron chi connectivity index (χ2n) is 6.21.